The Hall–Kier alpha value is -0.830. The third-order valence-electron chi connectivity index (χ3n) is 3.23. The first-order valence-corrected chi connectivity index (χ1v) is 5.44. The highest BCUT2D eigenvalue weighted by molar-refractivity contribution is 5.89. The maximum atomic E-state index is 4.25. The van der Waals surface area contributed by atoms with Crippen molar-refractivity contribution < 1.29 is 0 Å². The summed E-state index contributed by atoms with van der Waals surface area (Å²) in [6.45, 7) is 1.11. The molecule has 0 bridgehead atoms. The van der Waals surface area contributed by atoms with Gasteiger partial charge in [-0.15, -0.1) is 0 Å². The summed E-state index contributed by atoms with van der Waals surface area (Å²) in [5.74, 6) is 1.88. The molecule has 0 fully saturated rings. The third-order valence-corrected chi connectivity index (χ3v) is 3.23. The molecule has 2 aliphatic rings. The number of nitrogens with zero attached hydrogens (tertiary/aromatic N) is 1. The van der Waals surface area contributed by atoms with Gasteiger partial charge in [0.2, 0.25) is 0 Å². The molecule has 78 valence electrons. The molecule has 0 spiro atoms. The standard InChI is InChI=1S/C11H19N3/c1-12-7-8-4-3-5-10-9(8)6-11(13-2)14-10/h8,12H,3-7H2,1-2H3,(H,13,14). The highest BCUT2D eigenvalue weighted by Crippen LogP contribution is 2.34. The van der Waals surface area contributed by atoms with Crippen LogP contribution in [-0.4, -0.2) is 26.5 Å². The summed E-state index contributed by atoms with van der Waals surface area (Å²) in [7, 11) is 3.90. The molecular formula is C11H19N3. The molecule has 0 saturated heterocycles. The van der Waals surface area contributed by atoms with Crippen molar-refractivity contribution in [2.45, 2.75) is 25.7 Å². The van der Waals surface area contributed by atoms with Crippen LogP contribution in [0.2, 0.25) is 0 Å². The second-order valence-corrected chi connectivity index (χ2v) is 4.12. The molecule has 3 nitrogen and oxygen atoms in total. The number of aliphatic imine (C=N–C) groups is 1. The molecule has 14 heavy (non-hydrogen) atoms. The molecule has 0 radical (unpaired) electrons. The fourth-order valence-corrected chi connectivity index (χ4v) is 2.51. The van der Waals surface area contributed by atoms with Crippen LogP contribution in [0.5, 0.6) is 0 Å². The summed E-state index contributed by atoms with van der Waals surface area (Å²) in [5.41, 5.74) is 3.06. The van der Waals surface area contributed by atoms with Crippen LogP contribution in [0.25, 0.3) is 0 Å². The molecule has 1 aliphatic carbocycles. The monoisotopic (exact) mass is 193 g/mol. The van der Waals surface area contributed by atoms with Crippen LogP contribution in [0, 0.1) is 5.92 Å². The Morgan fingerprint density at radius 1 is 1.57 bits per heavy atom. The first-order valence-electron chi connectivity index (χ1n) is 5.44. The van der Waals surface area contributed by atoms with Crippen LogP contribution in [0.3, 0.4) is 0 Å². The van der Waals surface area contributed by atoms with E-state index in [1.165, 1.54) is 25.0 Å². The lowest BCUT2D eigenvalue weighted by molar-refractivity contribution is 0.474. The Bertz CT molecular complexity index is 278. The van der Waals surface area contributed by atoms with Crippen molar-refractivity contribution >= 4 is 5.84 Å². The lowest BCUT2D eigenvalue weighted by Gasteiger charge is -2.23. The van der Waals surface area contributed by atoms with E-state index in [-0.39, 0.29) is 0 Å². The van der Waals surface area contributed by atoms with Gasteiger partial charge < -0.3 is 10.6 Å². The minimum Gasteiger partial charge on any atom is -0.347 e. The van der Waals surface area contributed by atoms with Gasteiger partial charge in [-0.1, -0.05) is 0 Å². The average Bonchev–Trinajstić information content (AvgIpc) is 2.62. The van der Waals surface area contributed by atoms with E-state index in [4.69, 9.17) is 0 Å². The second kappa shape index (κ2) is 4.13. The molecule has 0 aromatic rings. The van der Waals surface area contributed by atoms with Crippen molar-refractivity contribution in [3.8, 4) is 0 Å². The van der Waals surface area contributed by atoms with Gasteiger partial charge in [0.05, 0.1) is 0 Å². The number of amidine groups is 1. The predicted molar refractivity (Wildman–Crippen MR) is 59.4 cm³/mol. The number of hydrogen-bond donors (Lipinski definition) is 2. The summed E-state index contributed by atoms with van der Waals surface area (Å²) in [6.07, 6.45) is 4.92. The molecular weight excluding hydrogens is 174 g/mol. The van der Waals surface area contributed by atoms with E-state index in [1.54, 1.807) is 5.57 Å². The number of allylic oxidation sites excluding steroid dienone is 1. The zero-order chi connectivity index (χ0) is 9.97. The molecule has 1 aliphatic heterocycles. The van der Waals surface area contributed by atoms with Crippen LogP contribution < -0.4 is 10.6 Å². The summed E-state index contributed by atoms with van der Waals surface area (Å²) < 4.78 is 0. The molecule has 1 atom stereocenters. The van der Waals surface area contributed by atoms with Gasteiger partial charge in [-0.05, 0) is 37.8 Å². The zero-order valence-corrected chi connectivity index (χ0v) is 9.06. The molecule has 1 unspecified atom stereocenters. The lowest BCUT2D eigenvalue weighted by Crippen LogP contribution is -2.23. The molecule has 0 amide bonds. The highest BCUT2D eigenvalue weighted by Gasteiger charge is 2.28. The van der Waals surface area contributed by atoms with Crippen molar-refractivity contribution in [2.75, 3.05) is 20.6 Å². The summed E-state index contributed by atoms with van der Waals surface area (Å²) in [6, 6.07) is 0. The SMILES string of the molecule is CN=C1CC2=C(CCCC2CNC)N1. The quantitative estimate of drug-likeness (QED) is 0.693. The van der Waals surface area contributed by atoms with E-state index in [9.17, 15) is 0 Å². The molecule has 3 heteroatoms. The van der Waals surface area contributed by atoms with Crippen molar-refractivity contribution in [1.82, 2.24) is 10.6 Å². The zero-order valence-electron chi connectivity index (χ0n) is 9.06. The summed E-state index contributed by atoms with van der Waals surface area (Å²) >= 11 is 0. The van der Waals surface area contributed by atoms with Gasteiger partial charge in [0.25, 0.3) is 0 Å². The van der Waals surface area contributed by atoms with Crippen LogP contribution in [0.4, 0.5) is 0 Å². The number of nitrogens with one attached hydrogen (secondary N) is 2. The van der Waals surface area contributed by atoms with E-state index in [1.807, 2.05) is 14.1 Å². The molecule has 1 heterocycles. The Morgan fingerprint density at radius 3 is 3.14 bits per heavy atom. The Morgan fingerprint density at radius 2 is 2.43 bits per heavy atom. The van der Waals surface area contributed by atoms with Gasteiger partial charge in [0, 0.05) is 25.7 Å². The maximum absolute atomic E-state index is 4.25. The third kappa shape index (κ3) is 1.69. The fraction of sp³-hybridized carbons (Fsp3) is 0.727. The second-order valence-electron chi connectivity index (χ2n) is 4.12. The van der Waals surface area contributed by atoms with E-state index in [0.717, 1.165) is 24.7 Å². The first kappa shape index (κ1) is 9.71. The van der Waals surface area contributed by atoms with Crippen LogP contribution >= 0.6 is 0 Å². The Balaban J connectivity index is 2.13. The normalized spacial score (nSPS) is 29.3. The Labute approximate surface area is 85.7 Å². The first-order chi connectivity index (χ1) is 6.85. The van der Waals surface area contributed by atoms with Crippen molar-refractivity contribution in [1.29, 1.82) is 0 Å². The number of hydrogen-bond acceptors (Lipinski definition) is 2. The van der Waals surface area contributed by atoms with Crippen molar-refractivity contribution in [3.05, 3.63) is 11.3 Å². The van der Waals surface area contributed by atoms with Gasteiger partial charge >= 0.3 is 0 Å². The van der Waals surface area contributed by atoms with Crippen LogP contribution in [0.1, 0.15) is 25.7 Å². The van der Waals surface area contributed by atoms with Gasteiger partial charge in [-0.3, -0.25) is 4.99 Å². The maximum Gasteiger partial charge on any atom is 0.104 e. The van der Waals surface area contributed by atoms with Gasteiger partial charge in [-0.2, -0.15) is 0 Å². The molecule has 0 aromatic carbocycles. The minimum absolute atomic E-state index is 0.732. The Kier molecular flexibility index (Phi) is 2.87. The van der Waals surface area contributed by atoms with Crippen LogP contribution in [-0.2, 0) is 0 Å². The molecule has 2 N–H and O–H groups in total. The summed E-state index contributed by atoms with van der Waals surface area (Å²) in [4.78, 5) is 4.25. The van der Waals surface area contributed by atoms with E-state index >= 15 is 0 Å². The van der Waals surface area contributed by atoms with Crippen molar-refractivity contribution in [2.24, 2.45) is 10.9 Å². The largest absolute Gasteiger partial charge is 0.347 e. The topological polar surface area (TPSA) is 36.4 Å². The highest BCUT2D eigenvalue weighted by atomic mass is 15.0. The number of rotatable bonds is 2. The van der Waals surface area contributed by atoms with Gasteiger partial charge in [-0.25, -0.2) is 0 Å². The van der Waals surface area contributed by atoms with Crippen molar-refractivity contribution in [3.63, 3.8) is 0 Å². The summed E-state index contributed by atoms with van der Waals surface area (Å²) in [5, 5.41) is 6.71. The minimum atomic E-state index is 0.732. The molecule has 2 rings (SSSR count). The van der Waals surface area contributed by atoms with Gasteiger partial charge in [0.15, 0.2) is 0 Å². The lowest BCUT2D eigenvalue weighted by atomic mass is 9.85. The van der Waals surface area contributed by atoms with E-state index < -0.39 is 0 Å². The fourth-order valence-electron chi connectivity index (χ4n) is 2.51. The molecule has 0 aromatic heterocycles. The predicted octanol–water partition coefficient (Wildman–Crippen LogP) is 1.28. The van der Waals surface area contributed by atoms with E-state index in [0.29, 0.717) is 0 Å². The van der Waals surface area contributed by atoms with Crippen LogP contribution in [0.15, 0.2) is 16.3 Å². The van der Waals surface area contributed by atoms with E-state index in [2.05, 4.69) is 15.6 Å². The smallest absolute Gasteiger partial charge is 0.104 e. The average molecular weight is 193 g/mol. The van der Waals surface area contributed by atoms with Gasteiger partial charge in [0.1, 0.15) is 5.84 Å². The molecule has 0 saturated carbocycles.